The van der Waals surface area contributed by atoms with E-state index in [2.05, 4.69) is 27.7 Å². The Morgan fingerprint density at radius 2 is 1.20 bits per heavy atom. The summed E-state index contributed by atoms with van der Waals surface area (Å²) in [6, 6.07) is 0. The van der Waals surface area contributed by atoms with Gasteiger partial charge >= 0.3 is 114 Å². The average Bonchev–Trinajstić information content (AvgIpc) is 2.27. The topological polar surface area (TPSA) is 52.0 Å². The van der Waals surface area contributed by atoms with E-state index in [1.54, 1.807) is 0 Å². The van der Waals surface area contributed by atoms with E-state index >= 15 is 0 Å². The van der Waals surface area contributed by atoms with Crippen LogP contribution in [0, 0.1) is 0 Å². The summed E-state index contributed by atoms with van der Waals surface area (Å²) in [6.07, 6.45) is 2.22. The summed E-state index contributed by atoms with van der Waals surface area (Å²) >= 11 is 1.87. The van der Waals surface area contributed by atoms with Crippen molar-refractivity contribution in [1.29, 1.82) is 0 Å². The maximum atomic E-state index is 6.13. The van der Waals surface area contributed by atoms with Crippen molar-refractivity contribution >= 4 is 4.96 Å². The molecular weight excluding hydrogens is 396 g/mol. The first kappa shape index (κ1) is 16.8. The van der Waals surface area contributed by atoms with Crippen molar-refractivity contribution in [2.45, 2.75) is 49.1 Å². The standard InChI is InChI=1S/C4H10S.2C3H8N.2Ag/c1-3-5-4-2;2*1-2-3-4;;/h3-4H2,1-2H3;2*3H,2,4H2,1H3;;. The first-order chi connectivity index (χ1) is 7.03. The fourth-order valence-electron chi connectivity index (χ4n) is 0.831. The molecule has 5 heteroatoms. The van der Waals surface area contributed by atoms with Gasteiger partial charge in [0.25, 0.3) is 0 Å². The molecule has 0 fully saturated rings. The summed E-state index contributed by atoms with van der Waals surface area (Å²) in [4.78, 5) is -0.485. The van der Waals surface area contributed by atoms with E-state index in [0.717, 1.165) is 49.7 Å². The van der Waals surface area contributed by atoms with Gasteiger partial charge in [0.2, 0.25) is 0 Å². The van der Waals surface area contributed by atoms with Crippen LogP contribution in [-0.2, 0) is 36.9 Å². The van der Waals surface area contributed by atoms with Crippen molar-refractivity contribution < 1.29 is 36.9 Å². The molecule has 0 radical (unpaired) electrons. The summed E-state index contributed by atoms with van der Waals surface area (Å²) in [5, 5.41) is 0. The van der Waals surface area contributed by atoms with Crippen molar-refractivity contribution in [2.24, 2.45) is 11.5 Å². The SMILES string of the molecule is CC[CH](N)[Ag][S](CC)(CC)[Ag][CH](N)CC. The van der Waals surface area contributed by atoms with E-state index in [-0.39, 0.29) is 0 Å². The molecule has 0 aromatic carbocycles. The van der Waals surface area contributed by atoms with Crippen LogP contribution >= 0.6 is 4.96 Å². The second-order valence-corrected chi connectivity index (χ2v) is 18.9. The van der Waals surface area contributed by atoms with Gasteiger partial charge in [0, 0.05) is 0 Å². The number of rotatable bonds is 8. The van der Waals surface area contributed by atoms with Crippen molar-refractivity contribution in [3.8, 4) is 0 Å². The van der Waals surface area contributed by atoms with Crippen molar-refractivity contribution in [1.82, 2.24) is 0 Å². The molecule has 0 bridgehead atoms. The van der Waals surface area contributed by atoms with Crippen LogP contribution in [0.2, 0.25) is 0 Å². The van der Waals surface area contributed by atoms with Gasteiger partial charge < -0.3 is 0 Å². The van der Waals surface area contributed by atoms with Crippen LogP contribution in [0.3, 0.4) is 0 Å². The summed E-state index contributed by atoms with van der Waals surface area (Å²) in [7, 11) is 0. The van der Waals surface area contributed by atoms with Crippen LogP contribution in [0.4, 0.5) is 0 Å². The molecule has 4 N–H and O–H groups in total. The summed E-state index contributed by atoms with van der Waals surface area (Å²) in [6.45, 7) is 9.03. The van der Waals surface area contributed by atoms with E-state index < -0.39 is 4.96 Å². The van der Waals surface area contributed by atoms with E-state index in [1.807, 2.05) is 0 Å². The van der Waals surface area contributed by atoms with Gasteiger partial charge in [-0.15, -0.1) is 0 Å². The van der Waals surface area contributed by atoms with E-state index in [1.165, 1.54) is 11.5 Å². The Kier molecular flexibility index (Phi) is 9.81. The molecule has 0 saturated carbocycles. The fraction of sp³-hybridized carbons (Fsp3) is 1.00. The predicted octanol–water partition coefficient (Wildman–Crippen LogP) is 2.22. The zero-order valence-corrected chi connectivity index (χ0v) is 13.9. The molecular formula is C10H26Ag2N2S. The Balaban J connectivity index is 4.42. The first-order valence-corrected chi connectivity index (χ1v) is 12.5. The minimum absolute atomic E-state index is 0.416. The number of hydrogen-bond acceptors (Lipinski definition) is 2. The van der Waals surface area contributed by atoms with Crippen LogP contribution in [0.15, 0.2) is 0 Å². The van der Waals surface area contributed by atoms with Gasteiger partial charge in [-0.1, -0.05) is 0 Å². The Morgan fingerprint density at radius 1 is 0.867 bits per heavy atom. The molecule has 0 heterocycles. The van der Waals surface area contributed by atoms with Crippen LogP contribution in [0.25, 0.3) is 0 Å². The third kappa shape index (κ3) is 6.29. The van der Waals surface area contributed by atoms with Gasteiger partial charge in [0.15, 0.2) is 0 Å². The van der Waals surface area contributed by atoms with Crippen LogP contribution in [0.1, 0.15) is 40.5 Å². The third-order valence-electron chi connectivity index (χ3n) is 1.90. The average molecular weight is 422 g/mol. The van der Waals surface area contributed by atoms with E-state index in [0.29, 0.717) is 8.52 Å². The van der Waals surface area contributed by atoms with Gasteiger partial charge in [-0.3, -0.25) is 0 Å². The maximum absolute atomic E-state index is 6.13. The Hall–Kier alpha value is 1.75. The second-order valence-electron chi connectivity index (χ2n) is 3.04. The zero-order valence-electron chi connectivity index (χ0n) is 10.1. The molecule has 0 amide bonds. The fourth-order valence-corrected chi connectivity index (χ4v) is 17.6. The molecule has 0 saturated heterocycles. The molecule has 0 rings (SSSR count). The third-order valence-corrected chi connectivity index (χ3v) is 20.6. The van der Waals surface area contributed by atoms with Gasteiger partial charge in [0.1, 0.15) is 0 Å². The monoisotopic (exact) mass is 420 g/mol. The quantitative estimate of drug-likeness (QED) is 0.590. The molecule has 15 heavy (non-hydrogen) atoms. The molecule has 0 spiro atoms. The number of hydrogen-bond donors (Lipinski definition) is 2. The molecule has 0 aliphatic heterocycles. The van der Waals surface area contributed by atoms with Crippen LogP contribution < -0.4 is 11.5 Å². The van der Waals surface area contributed by atoms with E-state index in [4.69, 9.17) is 11.5 Å². The number of nitrogens with two attached hydrogens (primary N) is 2. The van der Waals surface area contributed by atoms with Gasteiger partial charge in [0.05, 0.1) is 0 Å². The van der Waals surface area contributed by atoms with Gasteiger partial charge in [-0.25, -0.2) is 0 Å². The minimum atomic E-state index is -0.485. The van der Waals surface area contributed by atoms with Gasteiger partial charge in [-0.05, 0) is 0 Å². The van der Waals surface area contributed by atoms with E-state index in [9.17, 15) is 0 Å². The second kappa shape index (κ2) is 8.79. The Bertz CT molecular complexity index is 152. The molecule has 0 aliphatic rings. The normalized spacial score (nSPS) is 18.0. The predicted molar refractivity (Wildman–Crippen MR) is 65.2 cm³/mol. The Morgan fingerprint density at radius 3 is 1.40 bits per heavy atom. The molecule has 0 aromatic rings. The molecule has 104 valence electrons. The first-order valence-electron chi connectivity index (χ1n) is 5.48. The summed E-state index contributed by atoms with van der Waals surface area (Å²) in [5.41, 5.74) is 12.3. The molecule has 2 unspecified atom stereocenters. The summed E-state index contributed by atoms with van der Waals surface area (Å²) in [5.74, 6) is 2.62. The van der Waals surface area contributed by atoms with Crippen LogP contribution in [0.5, 0.6) is 0 Å². The Labute approximate surface area is 113 Å². The zero-order chi connectivity index (χ0) is 11.9. The van der Waals surface area contributed by atoms with Crippen LogP contribution in [-0.4, -0.2) is 20.0 Å². The molecule has 2 nitrogen and oxygen atoms in total. The molecule has 0 aliphatic carbocycles. The van der Waals surface area contributed by atoms with Crippen molar-refractivity contribution in [2.75, 3.05) is 11.5 Å². The molecule has 2 atom stereocenters. The van der Waals surface area contributed by atoms with Crippen molar-refractivity contribution in [3.05, 3.63) is 0 Å². The van der Waals surface area contributed by atoms with Crippen molar-refractivity contribution in [3.63, 3.8) is 0 Å². The summed E-state index contributed by atoms with van der Waals surface area (Å²) < 4.78 is 0.832. The molecule has 0 aromatic heterocycles. The van der Waals surface area contributed by atoms with Gasteiger partial charge in [-0.2, -0.15) is 0 Å².